The van der Waals surface area contributed by atoms with Crippen molar-refractivity contribution in [2.45, 2.75) is 38.3 Å². The Morgan fingerprint density at radius 3 is 3.05 bits per heavy atom. The van der Waals surface area contributed by atoms with E-state index in [9.17, 15) is 9.90 Å². The Labute approximate surface area is 128 Å². The summed E-state index contributed by atoms with van der Waals surface area (Å²) < 4.78 is 0. The van der Waals surface area contributed by atoms with Crippen molar-refractivity contribution in [2.24, 2.45) is 0 Å². The zero-order valence-electron chi connectivity index (χ0n) is 11.8. The van der Waals surface area contributed by atoms with Crippen molar-refractivity contribution >= 4 is 28.5 Å². The summed E-state index contributed by atoms with van der Waals surface area (Å²) in [6.45, 7) is 1.51. The summed E-state index contributed by atoms with van der Waals surface area (Å²) in [6.07, 6.45) is 5.88. The van der Waals surface area contributed by atoms with Gasteiger partial charge in [-0.15, -0.1) is 0 Å². The van der Waals surface area contributed by atoms with Crippen molar-refractivity contribution < 1.29 is 9.90 Å². The Hall–Kier alpha value is -1.52. The van der Waals surface area contributed by atoms with Crippen molar-refractivity contribution in [1.82, 2.24) is 9.88 Å². The summed E-state index contributed by atoms with van der Waals surface area (Å²) in [5.74, 6) is -0.709. The highest BCUT2D eigenvalue weighted by atomic mass is 35.5. The summed E-state index contributed by atoms with van der Waals surface area (Å²) in [6, 6.07) is 5.40. The third-order valence-corrected chi connectivity index (χ3v) is 4.49. The van der Waals surface area contributed by atoms with Crippen LogP contribution in [0.25, 0.3) is 10.9 Å². The summed E-state index contributed by atoms with van der Waals surface area (Å²) in [7, 11) is 0. The van der Waals surface area contributed by atoms with Crippen LogP contribution in [0.3, 0.4) is 0 Å². The minimum atomic E-state index is -0.709. The van der Waals surface area contributed by atoms with Crippen molar-refractivity contribution in [3.05, 3.63) is 35.0 Å². The van der Waals surface area contributed by atoms with Gasteiger partial charge in [-0.2, -0.15) is 0 Å². The molecule has 2 heterocycles. The first-order chi connectivity index (χ1) is 10.1. The molecule has 0 aliphatic carbocycles. The third kappa shape index (κ3) is 3.06. The van der Waals surface area contributed by atoms with Crippen LogP contribution in [-0.2, 0) is 11.3 Å². The first-order valence-electron chi connectivity index (χ1n) is 7.37. The van der Waals surface area contributed by atoms with E-state index in [1.807, 2.05) is 24.4 Å². The Kier molecular flexibility index (Phi) is 4.17. The topological polar surface area (TPSA) is 56.3 Å². The molecule has 0 bridgehead atoms. The summed E-state index contributed by atoms with van der Waals surface area (Å²) in [5, 5.41) is 11.3. The fourth-order valence-electron chi connectivity index (χ4n) is 3.14. The smallest absolute Gasteiger partial charge is 0.320 e. The number of aliphatic carboxylic acids is 1. The van der Waals surface area contributed by atoms with Crippen LogP contribution < -0.4 is 0 Å². The Morgan fingerprint density at radius 1 is 1.38 bits per heavy atom. The Morgan fingerprint density at radius 2 is 2.24 bits per heavy atom. The first-order valence-corrected chi connectivity index (χ1v) is 7.75. The zero-order valence-corrected chi connectivity index (χ0v) is 12.6. The number of carboxylic acid groups (broad SMARTS) is 1. The van der Waals surface area contributed by atoms with Crippen LogP contribution in [0.5, 0.6) is 0 Å². The predicted octanol–water partition coefficient (Wildman–Crippen LogP) is 3.65. The van der Waals surface area contributed by atoms with Gasteiger partial charge in [0.15, 0.2) is 0 Å². The normalized spacial score (nSPS) is 20.5. The van der Waals surface area contributed by atoms with Gasteiger partial charge in [-0.1, -0.05) is 30.5 Å². The average Bonchev–Trinajstić information content (AvgIpc) is 2.68. The van der Waals surface area contributed by atoms with E-state index in [2.05, 4.69) is 9.88 Å². The number of fused-ring (bicyclic) bond motifs is 1. The van der Waals surface area contributed by atoms with E-state index in [-0.39, 0.29) is 6.04 Å². The minimum Gasteiger partial charge on any atom is -0.480 e. The number of carboxylic acids is 1. The first kappa shape index (κ1) is 14.4. The number of H-pyrrole nitrogens is 1. The molecule has 1 unspecified atom stereocenters. The van der Waals surface area contributed by atoms with Gasteiger partial charge in [0.25, 0.3) is 0 Å². The second-order valence-electron chi connectivity index (χ2n) is 5.68. The summed E-state index contributed by atoms with van der Waals surface area (Å²) in [5.41, 5.74) is 2.13. The van der Waals surface area contributed by atoms with Crippen LogP contribution in [-0.4, -0.2) is 33.5 Å². The van der Waals surface area contributed by atoms with Crippen LogP contribution in [0, 0.1) is 0 Å². The number of nitrogens with zero attached hydrogens (tertiary/aromatic N) is 1. The molecule has 1 atom stereocenters. The minimum absolute atomic E-state index is 0.371. The molecule has 1 aromatic heterocycles. The maximum atomic E-state index is 11.5. The summed E-state index contributed by atoms with van der Waals surface area (Å²) in [4.78, 5) is 16.8. The maximum absolute atomic E-state index is 11.5. The van der Waals surface area contributed by atoms with Crippen LogP contribution >= 0.6 is 11.6 Å². The SMILES string of the molecule is O=C(O)C1CCCCCN1Cc1c[nH]c2cc(Cl)ccc12. The molecular formula is C16H19ClN2O2. The average molecular weight is 307 g/mol. The third-order valence-electron chi connectivity index (χ3n) is 4.25. The van der Waals surface area contributed by atoms with Crippen molar-refractivity contribution in [3.8, 4) is 0 Å². The highest BCUT2D eigenvalue weighted by Gasteiger charge is 2.27. The van der Waals surface area contributed by atoms with Crippen LogP contribution in [0.1, 0.15) is 31.2 Å². The van der Waals surface area contributed by atoms with E-state index in [0.717, 1.165) is 48.7 Å². The fourth-order valence-corrected chi connectivity index (χ4v) is 3.32. The maximum Gasteiger partial charge on any atom is 0.320 e. The number of benzene rings is 1. The van der Waals surface area contributed by atoms with E-state index in [1.165, 1.54) is 0 Å². The number of halogens is 1. The monoisotopic (exact) mass is 306 g/mol. The van der Waals surface area contributed by atoms with Crippen molar-refractivity contribution in [1.29, 1.82) is 0 Å². The van der Waals surface area contributed by atoms with Gasteiger partial charge in [0.2, 0.25) is 0 Å². The van der Waals surface area contributed by atoms with Gasteiger partial charge in [0, 0.05) is 28.7 Å². The van der Waals surface area contributed by atoms with E-state index < -0.39 is 5.97 Å². The van der Waals surface area contributed by atoms with Crippen LogP contribution in [0.4, 0.5) is 0 Å². The largest absolute Gasteiger partial charge is 0.480 e. The molecule has 2 aromatic rings. The van der Waals surface area contributed by atoms with Gasteiger partial charge in [-0.25, -0.2) is 0 Å². The number of aromatic amines is 1. The number of hydrogen-bond acceptors (Lipinski definition) is 2. The fraction of sp³-hybridized carbons (Fsp3) is 0.438. The number of likely N-dealkylation sites (tertiary alicyclic amines) is 1. The quantitative estimate of drug-likeness (QED) is 0.910. The molecule has 4 nitrogen and oxygen atoms in total. The van der Waals surface area contributed by atoms with Gasteiger partial charge < -0.3 is 10.1 Å². The molecule has 3 rings (SSSR count). The predicted molar refractivity (Wildman–Crippen MR) is 83.6 cm³/mol. The van der Waals surface area contributed by atoms with Crippen molar-refractivity contribution in [3.63, 3.8) is 0 Å². The Bertz CT molecular complexity index is 653. The van der Waals surface area contributed by atoms with Crippen LogP contribution in [0.15, 0.2) is 24.4 Å². The lowest BCUT2D eigenvalue weighted by Gasteiger charge is -2.26. The standard InChI is InChI=1S/C16H19ClN2O2/c17-12-5-6-13-11(9-18-14(13)8-12)10-19-7-3-1-2-4-15(19)16(20)21/h5-6,8-9,15,18H,1-4,7,10H2,(H,20,21). The number of aromatic nitrogens is 1. The van der Waals surface area contributed by atoms with Crippen molar-refractivity contribution in [2.75, 3.05) is 6.54 Å². The van der Waals surface area contributed by atoms with E-state index >= 15 is 0 Å². The number of carbonyl (C=O) groups is 1. The van der Waals surface area contributed by atoms with Crippen LogP contribution in [0.2, 0.25) is 5.02 Å². The molecule has 0 spiro atoms. The molecule has 1 saturated heterocycles. The molecule has 1 aliphatic heterocycles. The summed E-state index contributed by atoms with van der Waals surface area (Å²) >= 11 is 6.00. The molecule has 1 aliphatic rings. The molecular weight excluding hydrogens is 288 g/mol. The number of rotatable bonds is 3. The lowest BCUT2D eigenvalue weighted by Crippen LogP contribution is -2.40. The molecule has 0 saturated carbocycles. The molecule has 2 N–H and O–H groups in total. The molecule has 1 aromatic carbocycles. The molecule has 112 valence electrons. The zero-order chi connectivity index (χ0) is 14.8. The van der Waals surface area contributed by atoms with E-state index in [1.54, 1.807) is 0 Å². The number of nitrogens with one attached hydrogen (secondary N) is 1. The molecule has 21 heavy (non-hydrogen) atoms. The van der Waals surface area contributed by atoms with Gasteiger partial charge in [-0.05, 0) is 37.1 Å². The van der Waals surface area contributed by atoms with E-state index in [4.69, 9.17) is 11.6 Å². The Balaban J connectivity index is 1.87. The molecule has 0 amide bonds. The second kappa shape index (κ2) is 6.08. The van der Waals surface area contributed by atoms with Gasteiger partial charge in [-0.3, -0.25) is 9.69 Å². The number of hydrogen-bond donors (Lipinski definition) is 2. The lowest BCUT2D eigenvalue weighted by atomic mass is 10.1. The highest BCUT2D eigenvalue weighted by molar-refractivity contribution is 6.31. The molecule has 0 radical (unpaired) electrons. The molecule has 1 fully saturated rings. The van der Waals surface area contributed by atoms with E-state index in [0.29, 0.717) is 11.6 Å². The van der Waals surface area contributed by atoms with Gasteiger partial charge in [0.1, 0.15) is 6.04 Å². The lowest BCUT2D eigenvalue weighted by molar-refractivity contribution is -0.143. The second-order valence-corrected chi connectivity index (χ2v) is 6.11. The highest BCUT2D eigenvalue weighted by Crippen LogP contribution is 2.25. The molecule has 5 heteroatoms. The van der Waals surface area contributed by atoms with Gasteiger partial charge >= 0.3 is 5.97 Å². The van der Waals surface area contributed by atoms with Gasteiger partial charge in [0.05, 0.1) is 0 Å².